The monoisotopic (exact) mass is 195 g/mol. The first kappa shape index (κ1) is 10.8. The van der Waals surface area contributed by atoms with Gasteiger partial charge in [0.15, 0.2) is 0 Å². The Kier molecular flexibility index (Phi) is 4.23. The second-order valence-electron chi connectivity index (χ2n) is 3.68. The number of aromatic nitrogens is 1. The van der Waals surface area contributed by atoms with E-state index in [1.54, 1.807) is 0 Å². The summed E-state index contributed by atoms with van der Waals surface area (Å²) in [4.78, 5) is 11.8. The number of rotatable bonds is 1. The van der Waals surface area contributed by atoms with Gasteiger partial charge in [0.1, 0.15) is 0 Å². The lowest BCUT2D eigenvalue weighted by Gasteiger charge is -2.04. The fourth-order valence-electron chi connectivity index (χ4n) is 2.00. The van der Waals surface area contributed by atoms with Gasteiger partial charge in [-0.3, -0.25) is 4.79 Å². The number of aryl methyl sites for hydroxylation is 1. The molecule has 1 saturated carbocycles. The first-order valence-corrected chi connectivity index (χ1v) is 5.01. The summed E-state index contributed by atoms with van der Waals surface area (Å²) in [6.45, 7) is 1.87. The van der Waals surface area contributed by atoms with E-state index < -0.39 is 0 Å². The average molecular weight is 195 g/mol. The van der Waals surface area contributed by atoms with Crippen LogP contribution in [0, 0.1) is 6.92 Å². The lowest BCUT2D eigenvalue weighted by Crippen LogP contribution is -1.91. The minimum Gasteiger partial charge on any atom is -0.483 e. The normalized spacial score (nSPS) is 16.1. The van der Waals surface area contributed by atoms with E-state index in [1.807, 2.05) is 0 Å². The van der Waals surface area contributed by atoms with Gasteiger partial charge in [0, 0.05) is 11.4 Å². The van der Waals surface area contributed by atoms with Crippen molar-refractivity contribution in [2.75, 3.05) is 0 Å². The van der Waals surface area contributed by atoms with Gasteiger partial charge in [-0.25, -0.2) is 0 Å². The van der Waals surface area contributed by atoms with Crippen LogP contribution in [-0.2, 0) is 4.79 Å². The Bertz CT molecular complexity index is 275. The molecule has 1 aliphatic rings. The van der Waals surface area contributed by atoms with Gasteiger partial charge in [-0.2, -0.15) is 0 Å². The molecule has 0 amide bonds. The number of carboxylic acid groups (broad SMARTS) is 1. The van der Waals surface area contributed by atoms with Crippen LogP contribution >= 0.6 is 0 Å². The number of hydrogen-bond donors (Lipinski definition) is 2. The van der Waals surface area contributed by atoms with Gasteiger partial charge in [-0.15, -0.1) is 0 Å². The molecule has 0 spiro atoms. The maximum Gasteiger partial charge on any atom is 0.290 e. The van der Waals surface area contributed by atoms with Crippen molar-refractivity contribution in [3.8, 4) is 0 Å². The van der Waals surface area contributed by atoms with Crippen molar-refractivity contribution >= 4 is 6.47 Å². The van der Waals surface area contributed by atoms with E-state index in [0.717, 1.165) is 5.92 Å². The van der Waals surface area contributed by atoms with Crippen LogP contribution < -0.4 is 0 Å². The molecule has 0 radical (unpaired) electrons. The Labute approximate surface area is 84.2 Å². The molecule has 1 heterocycles. The topological polar surface area (TPSA) is 53.1 Å². The minimum atomic E-state index is -0.250. The summed E-state index contributed by atoms with van der Waals surface area (Å²) < 4.78 is 0. The highest BCUT2D eigenvalue weighted by Crippen LogP contribution is 2.33. The number of carbonyl (C=O) groups is 1. The Morgan fingerprint density at radius 2 is 2.00 bits per heavy atom. The van der Waals surface area contributed by atoms with Crippen molar-refractivity contribution in [2.24, 2.45) is 0 Å². The standard InChI is InChI=1S/C10H15N.CH2O2/c1-8-6-7-10(11-8)9-4-2-3-5-9;2-1-3/h6-7,9,11H,2-5H2,1H3;1H,(H,2,3). The van der Waals surface area contributed by atoms with Crippen LogP contribution in [0.15, 0.2) is 12.1 Å². The van der Waals surface area contributed by atoms with Crippen LogP contribution in [0.1, 0.15) is 43.0 Å². The number of aromatic amines is 1. The Hall–Kier alpha value is -1.25. The zero-order valence-electron chi connectivity index (χ0n) is 8.49. The zero-order chi connectivity index (χ0) is 10.4. The van der Waals surface area contributed by atoms with Crippen LogP contribution in [0.3, 0.4) is 0 Å². The summed E-state index contributed by atoms with van der Waals surface area (Å²) in [5, 5.41) is 6.89. The third kappa shape index (κ3) is 2.91. The molecule has 14 heavy (non-hydrogen) atoms. The van der Waals surface area contributed by atoms with Gasteiger partial charge in [0.2, 0.25) is 0 Å². The molecule has 2 rings (SSSR count). The second kappa shape index (κ2) is 5.47. The third-order valence-corrected chi connectivity index (χ3v) is 2.65. The summed E-state index contributed by atoms with van der Waals surface area (Å²) >= 11 is 0. The first-order chi connectivity index (χ1) is 6.77. The molecule has 78 valence electrons. The Morgan fingerprint density at radius 3 is 2.43 bits per heavy atom. The molecule has 0 aliphatic heterocycles. The quantitative estimate of drug-likeness (QED) is 0.677. The molecule has 3 heteroatoms. The van der Waals surface area contributed by atoms with E-state index in [-0.39, 0.29) is 6.47 Å². The molecule has 0 aromatic carbocycles. The van der Waals surface area contributed by atoms with Crippen LogP contribution in [0.5, 0.6) is 0 Å². The molecular weight excluding hydrogens is 178 g/mol. The predicted octanol–water partition coefficient (Wildman–Crippen LogP) is 2.68. The molecule has 0 bridgehead atoms. The van der Waals surface area contributed by atoms with Crippen molar-refractivity contribution in [1.29, 1.82) is 0 Å². The third-order valence-electron chi connectivity index (χ3n) is 2.65. The van der Waals surface area contributed by atoms with Gasteiger partial charge < -0.3 is 10.1 Å². The summed E-state index contributed by atoms with van der Waals surface area (Å²) in [6.07, 6.45) is 5.62. The molecular formula is C11H17NO2. The zero-order valence-corrected chi connectivity index (χ0v) is 8.49. The van der Waals surface area contributed by atoms with Crippen molar-refractivity contribution in [3.05, 3.63) is 23.5 Å². The van der Waals surface area contributed by atoms with Crippen LogP contribution in [-0.4, -0.2) is 16.6 Å². The van der Waals surface area contributed by atoms with Gasteiger partial charge in [0.05, 0.1) is 0 Å². The van der Waals surface area contributed by atoms with Crippen molar-refractivity contribution < 1.29 is 9.90 Å². The van der Waals surface area contributed by atoms with Gasteiger partial charge in [-0.1, -0.05) is 12.8 Å². The number of hydrogen-bond acceptors (Lipinski definition) is 1. The lowest BCUT2D eigenvalue weighted by atomic mass is 10.1. The molecule has 1 fully saturated rings. The Balaban J connectivity index is 0.000000293. The smallest absolute Gasteiger partial charge is 0.290 e. The van der Waals surface area contributed by atoms with Crippen LogP contribution in [0.4, 0.5) is 0 Å². The first-order valence-electron chi connectivity index (χ1n) is 5.01. The second-order valence-corrected chi connectivity index (χ2v) is 3.68. The Morgan fingerprint density at radius 1 is 1.43 bits per heavy atom. The molecule has 1 aromatic rings. The summed E-state index contributed by atoms with van der Waals surface area (Å²) in [6, 6.07) is 4.42. The maximum absolute atomic E-state index is 8.36. The van der Waals surface area contributed by atoms with Crippen molar-refractivity contribution in [2.45, 2.75) is 38.5 Å². The largest absolute Gasteiger partial charge is 0.483 e. The van der Waals surface area contributed by atoms with Crippen molar-refractivity contribution in [3.63, 3.8) is 0 Å². The maximum atomic E-state index is 8.36. The van der Waals surface area contributed by atoms with E-state index in [0.29, 0.717) is 0 Å². The minimum absolute atomic E-state index is 0.250. The van der Waals surface area contributed by atoms with E-state index >= 15 is 0 Å². The van der Waals surface area contributed by atoms with E-state index in [1.165, 1.54) is 37.1 Å². The predicted molar refractivity (Wildman–Crippen MR) is 55.4 cm³/mol. The van der Waals surface area contributed by atoms with Gasteiger partial charge >= 0.3 is 0 Å². The molecule has 0 unspecified atom stereocenters. The SMILES string of the molecule is Cc1ccc(C2CCCC2)[nH]1.O=CO. The van der Waals surface area contributed by atoms with Crippen molar-refractivity contribution in [1.82, 2.24) is 4.98 Å². The highest BCUT2D eigenvalue weighted by molar-refractivity contribution is 5.32. The highest BCUT2D eigenvalue weighted by Gasteiger charge is 2.17. The molecule has 0 atom stereocenters. The lowest BCUT2D eigenvalue weighted by molar-refractivity contribution is -0.122. The molecule has 0 saturated heterocycles. The van der Waals surface area contributed by atoms with E-state index in [2.05, 4.69) is 24.0 Å². The summed E-state index contributed by atoms with van der Waals surface area (Å²) in [5.41, 5.74) is 2.76. The molecule has 1 aromatic heterocycles. The van der Waals surface area contributed by atoms with Gasteiger partial charge in [-0.05, 0) is 37.8 Å². The summed E-state index contributed by atoms with van der Waals surface area (Å²) in [7, 11) is 0. The molecule has 1 aliphatic carbocycles. The van der Waals surface area contributed by atoms with Gasteiger partial charge in [0.25, 0.3) is 6.47 Å². The van der Waals surface area contributed by atoms with Crippen LogP contribution in [0.25, 0.3) is 0 Å². The molecule has 3 nitrogen and oxygen atoms in total. The van der Waals surface area contributed by atoms with E-state index in [9.17, 15) is 0 Å². The molecule has 2 N–H and O–H groups in total. The number of nitrogens with one attached hydrogen (secondary N) is 1. The average Bonchev–Trinajstić information content (AvgIpc) is 2.74. The number of H-pyrrole nitrogens is 1. The fraction of sp³-hybridized carbons (Fsp3) is 0.545. The fourth-order valence-corrected chi connectivity index (χ4v) is 2.00. The summed E-state index contributed by atoms with van der Waals surface area (Å²) in [5.74, 6) is 0.837. The highest BCUT2D eigenvalue weighted by atomic mass is 16.3. The van der Waals surface area contributed by atoms with E-state index in [4.69, 9.17) is 9.90 Å². The van der Waals surface area contributed by atoms with Crippen LogP contribution in [0.2, 0.25) is 0 Å².